The second kappa shape index (κ2) is 5.91. The van der Waals surface area contributed by atoms with E-state index in [0.29, 0.717) is 23.8 Å². The van der Waals surface area contributed by atoms with Crippen molar-refractivity contribution < 1.29 is 4.79 Å². The molecule has 0 aliphatic heterocycles. The van der Waals surface area contributed by atoms with Crippen LogP contribution >= 0.6 is 0 Å². The van der Waals surface area contributed by atoms with Crippen LogP contribution in [0.5, 0.6) is 0 Å². The van der Waals surface area contributed by atoms with E-state index >= 15 is 0 Å². The molecule has 21 heavy (non-hydrogen) atoms. The number of hydrogen-bond donors (Lipinski definition) is 1. The average molecular weight is 292 g/mol. The molecule has 0 spiro atoms. The fourth-order valence-electron chi connectivity index (χ4n) is 5.91. The Kier molecular flexibility index (Phi) is 4.31. The van der Waals surface area contributed by atoms with Crippen molar-refractivity contribution in [2.24, 2.45) is 23.2 Å². The van der Waals surface area contributed by atoms with Crippen LogP contribution < -0.4 is 5.32 Å². The second-order valence-corrected chi connectivity index (χ2v) is 8.33. The molecule has 0 aromatic heterocycles. The smallest absolute Gasteiger partial charge is 0.223 e. The van der Waals surface area contributed by atoms with Gasteiger partial charge in [-0.1, -0.05) is 6.92 Å². The lowest BCUT2D eigenvalue weighted by Gasteiger charge is -2.57. The van der Waals surface area contributed by atoms with E-state index in [1.165, 1.54) is 38.5 Å². The molecular weight excluding hydrogens is 260 g/mol. The van der Waals surface area contributed by atoms with E-state index in [-0.39, 0.29) is 0 Å². The van der Waals surface area contributed by atoms with Gasteiger partial charge in [-0.25, -0.2) is 0 Å². The van der Waals surface area contributed by atoms with Gasteiger partial charge in [0.15, 0.2) is 0 Å². The Labute approximate surface area is 129 Å². The Morgan fingerprint density at radius 3 is 2.19 bits per heavy atom. The lowest BCUT2D eigenvalue weighted by molar-refractivity contribution is -0.135. The standard InChI is InChI=1S/C18H32N2O/c1-4-19-13(2)5-17(21)20(3)12-18-9-14-6-15(10-18)8-16(7-14)11-18/h13-16,19H,4-12H2,1-3H3. The van der Waals surface area contributed by atoms with Crippen LogP contribution in [0.1, 0.15) is 58.8 Å². The molecule has 4 fully saturated rings. The van der Waals surface area contributed by atoms with Crippen LogP contribution in [0.25, 0.3) is 0 Å². The molecule has 120 valence electrons. The summed E-state index contributed by atoms with van der Waals surface area (Å²) in [4.78, 5) is 14.5. The third-order valence-corrected chi connectivity index (χ3v) is 6.20. The van der Waals surface area contributed by atoms with E-state index in [1.54, 1.807) is 0 Å². The lowest BCUT2D eigenvalue weighted by atomic mass is 9.49. The first-order chi connectivity index (χ1) is 9.99. The van der Waals surface area contributed by atoms with Gasteiger partial charge in [-0.15, -0.1) is 0 Å². The first-order valence-corrected chi connectivity index (χ1v) is 8.97. The van der Waals surface area contributed by atoms with Crippen molar-refractivity contribution in [2.75, 3.05) is 20.1 Å². The summed E-state index contributed by atoms with van der Waals surface area (Å²) in [5.41, 5.74) is 0.473. The van der Waals surface area contributed by atoms with Crippen LogP contribution in [-0.2, 0) is 4.79 Å². The van der Waals surface area contributed by atoms with E-state index in [4.69, 9.17) is 0 Å². The van der Waals surface area contributed by atoms with Gasteiger partial charge in [0.25, 0.3) is 0 Å². The zero-order valence-electron chi connectivity index (χ0n) is 14.0. The molecule has 0 heterocycles. The van der Waals surface area contributed by atoms with Crippen LogP contribution in [0.2, 0.25) is 0 Å². The molecule has 0 radical (unpaired) electrons. The Morgan fingerprint density at radius 1 is 1.19 bits per heavy atom. The molecule has 3 heteroatoms. The maximum absolute atomic E-state index is 12.4. The number of carbonyl (C=O) groups is 1. The van der Waals surface area contributed by atoms with Crippen molar-refractivity contribution in [3.63, 3.8) is 0 Å². The minimum Gasteiger partial charge on any atom is -0.345 e. The quantitative estimate of drug-likeness (QED) is 0.816. The van der Waals surface area contributed by atoms with Gasteiger partial charge in [0, 0.05) is 26.1 Å². The molecule has 0 aromatic carbocycles. The topological polar surface area (TPSA) is 32.3 Å². The van der Waals surface area contributed by atoms with Crippen LogP contribution in [0, 0.1) is 23.2 Å². The Balaban J connectivity index is 1.57. The summed E-state index contributed by atoms with van der Waals surface area (Å²) in [5.74, 6) is 3.24. The Morgan fingerprint density at radius 2 is 1.71 bits per heavy atom. The SMILES string of the molecule is CCNC(C)CC(=O)N(C)CC12CC3CC(CC(C3)C1)C2. The zero-order valence-corrected chi connectivity index (χ0v) is 14.0. The number of carbonyl (C=O) groups excluding carboxylic acids is 1. The normalized spacial score (nSPS) is 38.5. The maximum atomic E-state index is 12.4. The molecule has 0 saturated heterocycles. The van der Waals surface area contributed by atoms with Crippen LogP contribution in [0.4, 0.5) is 0 Å². The molecule has 4 aliphatic rings. The van der Waals surface area contributed by atoms with Crippen molar-refractivity contribution in [1.82, 2.24) is 10.2 Å². The molecule has 4 aliphatic carbocycles. The van der Waals surface area contributed by atoms with Gasteiger partial charge in [0.2, 0.25) is 5.91 Å². The summed E-state index contributed by atoms with van der Waals surface area (Å²) < 4.78 is 0. The third kappa shape index (κ3) is 3.28. The third-order valence-electron chi connectivity index (χ3n) is 6.20. The largest absolute Gasteiger partial charge is 0.345 e. The Hall–Kier alpha value is -0.570. The molecule has 3 nitrogen and oxygen atoms in total. The van der Waals surface area contributed by atoms with Gasteiger partial charge < -0.3 is 10.2 Å². The van der Waals surface area contributed by atoms with E-state index in [0.717, 1.165) is 30.8 Å². The summed E-state index contributed by atoms with van der Waals surface area (Å²) in [6.07, 6.45) is 9.24. The molecule has 4 saturated carbocycles. The minimum atomic E-state index is 0.293. The van der Waals surface area contributed by atoms with Crippen molar-refractivity contribution in [2.45, 2.75) is 64.8 Å². The van der Waals surface area contributed by atoms with Crippen LogP contribution in [0.15, 0.2) is 0 Å². The van der Waals surface area contributed by atoms with Crippen LogP contribution in [0.3, 0.4) is 0 Å². The maximum Gasteiger partial charge on any atom is 0.223 e. The van der Waals surface area contributed by atoms with Crippen molar-refractivity contribution in [3.8, 4) is 0 Å². The molecule has 1 N–H and O–H groups in total. The van der Waals surface area contributed by atoms with E-state index in [2.05, 4.69) is 19.2 Å². The van der Waals surface area contributed by atoms with Gasteiger partial charge in [0.05, 0.1) is 0 Å². The fraction of sp³-hybridized carbons (Fsp3) is 0.944. The first-order valence-electron chi connectivity index (χ1n) is 8.97. The van der Waals surface area contributed by atoms with Crippen molar-refractivity contribution in [3.05, 3.63) is 0 Å². The van der Waals surface area contributed by atoms with E-state index in [1.807, 2.05) is 11.9 Å². The number of rotatable bonds is 6. The summed E-state index contributed by atoms with van der Waals surface area (Å²) in [6, 6.07) is 0.293. The molecular formula is C18H32N2O. The first kappa shape index (κ1) is 15.3. The summed E-state index contributed by atoms with van der Waals surface area (Å²) in [6.45, 7) is 6.15. The van der Waals surface area contributed by atoms with Gasteiger partial charge in [-0.05, 0) is 75.2 Å². The van der Waals surface area contributed by atoms with Crippen LogP contribution in [-0.4, -0.2) is 37.0 Å². The average Bonchev–Trinajstić information content (AvgIpc) is 2.36. The predicted molar refractivity (Wildman–Crippen MR) is 86.0 cm³/mol. The zero-order chi connectivity index (χ0) is 15.0. The molecule has 1 amide bonds. The van der Waals surface area contributed by atoms with Gasteiger partial charge in [0.1, 0.15) is 0 Å². The van der Waals surface area contributed by atoms with Crippen molar-refractivity contribution in [1.29, 1.82) is 0 Å². The lowest BCUT2D eigenvalue weighted by Crippen LogP contribution is -2.51. The van der Waals surface area contributed by atoms with Gasteiger partial charge >= 0.3 is 0 Å². The molecule has 4 rings (SSSR count). The monoisotopic (exact) mass is 292 g/mol. The highest BCUT2D eigenvalue weighted by Gasteiger charge is 2.51. The Bertz CT molecular complexity index is 357. The van der Waals surface area contributed by atoms with E-state index < -0.39 is 0 Å². The fourth-order valence-corrected chi connectivity index (χ4v) is 5.91. The molecule has 4 bridgehead atoms. The van der Waals surface area contributed by atoms with Crippen molar-refractivity contribution >= 4 is 5.91 Å². The summed E-state index contributed by atoms with van der Waals surface area (Å²) >= 11 is 0. The molecule has 0 aromatic rings. The number of nitrogens with one attached hydrogen (secondary N) is 1. The minimum absolute atomic E-state index is 0.293. The molecule has 1 atom stereocenters. The second-order valence-electron chi connectivity index (χ2n) is 8.33. The molecule has 1 unspecified atom stereocenters. The number of nitrogens with zero attached hydrogens (tertiary/aromatic N) is 1. The summed E-state index contributed by atoms with van der Waals surface area (Å²) in [5, 5.41) is 3.34. The number of amides is 1. The summed E-state index contributed by atoms with van der Waals surface area (Å²) in [7, 11) is 2.03. The van der Waals surface area contributed by atoms with Gasteiger partial charge in [-0.2, -0.15) is 0 Å². The predicted octanol–water partition coefficient (Wildman–Crippen LogP) is 3.05. The van der Waals surface area contributed by atoms with Gasteiger partial charge in [-0.3, -0.25) is 4.79 Å². The van der Waals surface area contributed by atoms with E-state index in [9.17, 15) is 4.79 Å². The highest BCUT2D eigenvalue weighted by atomic mass is 16.2. The number of hydrogen-bond acceptors (Lipinski definition) is 2. The highest BCUT2D eigenvalue weighted by Crippen LogP contribution is 2.60. The highest BCUT2D eigenvalue weighted by molar-refractivity contribution is 5.76.